The van der Waals surface area contributed by atoms with Crippen molar-refractivity contribution in [2.75, 3.05) is 5.32 Å². The molecule has 0 amide bonds. The lowest BCUT2D eigenvalue weighted by Crippen LogP contribution is -2.03. The van der Waals surface area contributed by atoms with Gasteiger partial charge in [-0.2, -0.15) is 0 Å². The highest BCUT2D eigenvalue weighted by molar-refractivity contribution is 5.45. The predicted molar refractivity (Wildman–Crippen MR) is 63.7 cm³/mol. The molecule has 0 unspecified atom stereocenters. The molecule has 2 aromatic rings. The Hall–Kier alpha value is -1.91. The number of nitrogens with zero attached hydrogens (tertiary/aromatic N) is 1. The van der Waals surface area contributed by atoms with Crippen LogP contribution in [0.3, 0.4) is 0 Å². The molecule has 1 aromatic carbocycles. The molecule has 5 heteroatoms. The van der Waals surface area contributed by atoms with Crippen LogP contribution in [0.25, 0.3) is 0 Å². The zero-order valence-electron chi connectivity index (χ0n) is 9.88. The van der Waals surface area contributed by atoms with Gasteiger partial charge in [-0.1, -0.05) is 0 Å². The number of anilines is 1. The monoisotopic (exact) mass is 254 g/mol. The summed E-state index contributed by atoms with van der Waals surface area (Å²) in [4.78, 5) is 0. The van der Waals surface area contributed by atoms with E-state index >= 15 is 0 Å². The molecular weight excluding hydrogens is 241 g/mol. The molecule has 2 nitrogen and oxygen atoms in total. The molecular formula is C13H13F3N2. The van der Waals surface area contributed by atoms with E-state index in [0.717, 1.165) is 18.2 Å². The standard InChI is InChI=1S/C13H13F3N2/c1-2-18-4-3-9(8-18)7-17-12-6-10(14)5-11(15)13(12)16/h3-6,8,17H,2,7H2,1H3. The van der Waals surface area contributed by atoms with Crippen LogP contribution in [0.4, 0.5) is 18.9 Å². The van der Waals surface area contributed by atoms with Crippen molar-refractivity contribution in [2.45, 2.75) is 20.0 Å². The highest BCUT2D eigenvalue weighted by atomic mass is 19.2. The molecule has 0 aliphatic carbocycles. The summed E-state index contributed by atoms with van der Waals surface area (Å²) in [6.07, 6.45) is 3.78. The van der Waals surface area contributed by atoms with Crippen molar-refractivity contribution in [3.05, 3.63) is 53.6 Å². The highest BCUT2D eigenvalue weighted by Crippen LogP contribution is 2.19. The number of rotatable bonds is 4. The number of benzene rings is 1. The fourth-order valence-corrected chi connectivity index (χ4v) is 1.67. The second-order valence-electron chi connectivity index (χ2n) is 3.95. The van der Waals surface area contributed by atoms with Crippen LogP contribution in [0.5, 0.6) is 0 Å². The first-order valence-electron chi connectivity index (χ1n) is 5.63. The molecule has 2 rings (SSSR count). The largest absolute Gasteiger partial charge is 0.378 e. The van der Waals surface area contributed by atoms with Gasteiger partial charge in [0, 0.05) is 37.6 Å². The van der Waals surface area contributed by atoms with Crippen LogP contribution in [-0.4, -0.2) is 4.57 Å². The minimum absolute atomic E-state index is 0.170. The molecule has 0 spiro atoms. The van der Waals surface area contributed by atoms with Crippen molar-refractivity contribution in [2.24, 2.45) is 0 Å². The molecule has 0 radical (unpaired) electrons. The third-order valence-electron chi connectivity index (χ3n) is 2.65. The predicted octanol–water partition coefficient (Wildman–Crippen LogP) is 3.54. The van der Waals surface area contributed by atoms with Crippen LogP contribution in [0.1, 0.15) is 12.5 Å². The number of hydrogen-bond donors (Lipinski definition) is 1. The smallest absolute Gasteiger partial charge is 0.182 e. The molecule has 1 heterocycles. The van der Waals surface area contributed by atoms with E-state index in [4.69, 9.17) is 0 Å². The Labute approximate surface area is 103 Å². The first-order valence-corrected chi connectivity index (χ1v) is 5.63. The Morgan fingerprint density at radius 3 is 2.67 bits per heavy atom. The number of aromatic nitrogens is 1. The number of hydrogen-bond acceptors (Lipinski definition) is 1. The van der Waals surface area contributed by atoms with Crippen LogP contribution in [-0.2, 0) is 13.1 Å². The number of halogens is 3. The van der Waals surface area contributed by atoms with Crippen LogP contribution >= 0.6 is 0 Å². The average molecular weight is 254 g/mol. The van der Waals surface area contributed by atoms with Crippen LogP contribution in [0.15, 0.2) is 30.6 Å². The summed E-state index contributed by atoms with van der Waals surface area (Å²) in [6, 6.07) is 3.33. The van der Waals surface area contributed by atoms with Crippen molar-refractivity contribution < 1.29 is 13.2 Å². The van der Waals surface area contributed by atoms with Gasteiger partial charge in [0.1, 0.15) is 5.82 Å². The van der Waals surface area contributed by atoms with Crippen molar-refractivity contribution in [1.29, 1.82) is 0 Å². The molecule has 0 bridgehead atoms. The van der Waals surface area contributed by atoms with Gasteiger partial charge < -0.3 is 9.88 Å². The van der Waals surface area contributed by atoms with Crippen molar-refractivity contribution in [1.82, 2.24) is 4.57 Å². The van der Waals surface area contributed by atoms with E-state index in [1.807, 2.05) is 30.0 Å². The lowest BCUT2D eigenvalue weighted by atomic mass is 10.2. The SMILES string of the molecule is CCn1ccc(CNc2cc(F)cc(F)c2F)c1. The third kappa shape index (κ3) is 2.67. The quantitative estimate of drug-likeness (QED) is 0.826. The number of nitrogens with one attached hydrogen (secondary N) is 1. The molecule has 96 valence electrons. The summed E-state index contributed by atoms with van der Waals surface area (Å²) in [5.74, 6) is -3.06. The van der Waals surface area contributed by atoms with E-state index in [1.165, 1.54) is 0 Å². The summed E-state index contributed by atoms with van der Waals surface area (Å²) in [5.41, 5.74) is 0.748. The Balaban J connectivity index is 2.10. The summed E-state index contributed by atoms with van der Waals surface area (Å²) >= 11 is 0. The van der Waals surface area contributed by atoms with Crippen LogP contribution in [0.2, 0.25) is 0 Å². The second-order valence-corrected chi connectivity index (χ2v) is 3.95. The van der Waals surface area contributed by atoms with Gasteiger partial charge in [-0.05, 0) is 18.6 Å². The normalized spacial score (nSPS) is 10.7. The molecule has 0 saturated carbocycles. The molecule has 1 aromatic heterocycles. The van der Waals surface area contributed by atoms with Crippen molar-refractivity contribution >= 4 is 5.69 Å². The fourth-order valence-electron chi connectivity index (χ4n) is 1.67. The third-order valence-corrected chi connectivity index (χ3v) is 2.65. The Morgan fingerprint density at radius 1 is 1.22 bits per heavy atom. The van der Waals surface area contributed by atoms with Gasteiger partial charge in [0.15, 0.2) is 11.6 Å². The number of aryl methyl sites for hydroxylation is 1. The minimum Gasteiger partial charge on any atom is -0.378 e. The van der Waals surface area contributed by atoms with E-state index < -0.39 is 17.5 Å². The second kappa shape index (κ2) is 5.16. The van der Waals surface area contributed by atoms with E-state index in [1.54, 1.807) is 0 Å². The maximum absolute atomic E-state index is 13.3. The van der Waals surface area contributed by atoms with Gasteiger partial charge in [0.05, 0.1) is 5.69 Å². The summed E-state index contributed by atoms with van der Waals surface area (Å²) in [7, 11) is 0. The average Bonchev–Trinajstić information content (AvgIpc) is 2.80. The zero-order valence-corrected chi connectivity index (χ0v) is 9.88. The maximum Gasteiger partial charge on any atom is 0.182 e. The lowest BCUT2D eigenvalue weighted by molar-refractivity contribution is 0.497. The summed E-state index contributed by atoms with van der Waals surface area (Å²) in [6.45, 7) is 3.15. The highest BCUT2D eigenvalue weighted by Gasteiger charge is 2.10. The fraction of sp³-hybridized carbons (Fsp3) is 0.231. The van der Waals surface area contributed by atoms with Crippen molar-refractivity contribution in [3.8, 4) is 0 Å². The maximum atomic E-state index is 13.3. The van der Waals surface area contributed by atoms with E-state index in [9.17, 15) is 13.2 Å². The first-order chi connectivity index (χ1) is 8.60. The summed E-state index contributed by atoms with van der Waals surface area (Å²) in [5, 5.41) is 2.68. The van der Waals surface area contributed by atoms with E-state index in [2.05, 4.69) is 5.32 Å². The topological polar surface area (TPSA) is 17.0 Å². The van der Waals surface area contributed by atoms with Gasteiger partial charge in [-0.15, -0.1) is 0 Å². The van der Waals surface area contributed by atoms with Crippen LogP contribution in [0, 0.1) is 17.5 Å². The van der Waals surface area contributed by atoms with Gasteiger partial charge in [0.25, 0.3) is 0 Å². The molecule has 18 heavy (non-hydrogen) atoms. The molecule has 0 fully saturated rings. The molecule has 0 aliphatic heterocycles. The molecule has 0 atom stereocenters. The first kappa shape index (κ1) is 12.5. The Bertz CT molecular complexity index is 549. The molecule has 0 aliphatic rings. The van der Waals surface area contributed by atoms with Gasteiger partial charge in [0.2, 0.25) is 0 Å². The zero-order chi connectivity index (χ0) is 13.1. The van der Waals surface area contributed by atoms with Crippen molar-refractivity contribution in [3.63, 3.8) is 0 Å². The molecule has 1 N–H and O–H groups in total. The van der Waals surface area contributed by atoms with Crippen LogP contribution < -0.4 is 5.32 Å². The Morgan fingerprint density at radius 2 is 2.00 bits per heavy atom. The van der Waals surface area contributed by atoms with Gasteiger partial charge >= 0.3 is 0 Å². The lowest BCUT2D eigenvalue weighted by Gasteiger charge is -2.07. The Kier molecular flexibility index (Phi) is 3.60. The van der Waals surface area contributed by atoms with E-state index in [0.29, 0.717) is 12.6 Å². The minimum atomic E-state index is -1.19. The van der Waals surface area contributed by atoms with Gasteiger partial charge in [-0.25, -0.2) is 13.2 Å². The summed E-state index contributed by atoms with van der Waals surface area (Å²) < 4.78 is 41.2. The molecule has 0 saturated heterocycles. The van der Waals surface area contributed by atoms with Gasteiger partial charge in [-0.3, -0.25) is 0 Å². The van der Waals surface area contributed by atoms with E-state index in [-0.39, 0.29) is 5.69 Å².